The molecule has 1 fully saturated rings. The average Bonchev–Trinajstić information content (AvgIpc) is 3.39. The number of aryl methyl sites for hydroxylation is 2. The molecule has 5 nitrogen and oxygen atoms in total. The number of ether oxygens (including phenoxy) is 1. The smallest absolute Gasteiger partial charge is 0.261 e. The summed E-state index contributed by atoms with van der Waals surface area (Å²) in [4.78, 5) is 29.1. The Morgan fingerprint density at radius 1 is 0.944 bits per heavy atom. The number of hydrogen-bond donors (Lipinski definition) is 1. The molecule has 0 aliphatic heterocycles. The Bertz CT molecular complexity index is 1160. The van der Waals surface area contributed by atoms with Crippen LogP contribution in [0.3, 0.4) is 0 Å². The lowest BCUT2D eigenvalue weighted by Crippen LogP contribution is -2.53. The van der Waals surface area contributed by atoms with Crippen molar-refractivity contribution in [1.29, 1.82) is 0 Å². The van der Waals surface area contributed by atoms with Crippen molar-refractivity contribution in [3.63, 3.8) is 0 Å². The molecule has 5 heteroatoms. The molecular weight excluding hydrogens is 448 g/mol. The summed E-state index contributed by atoms with van der Waals surface area (Å²) < 4.78 is 5.89. The summed E-state index contributed by atoms with van der Waals surface area (Å²) in [5.74, 6) is 0.347. The van der Waals surface area contributed by atoms with Gasteiger partial charge in [-0.3, -0.25) is 9.59 Å². The molecule has 1 saturated carbocycles. The number of hydrogen-bond acceptors (Lipinski definition) is 3. The predicted octanol–water partition coefficient (Wildman–Crippen LogP) is 5.38. The number of rotatable bonds is 10. The van der Waals surface area contributed by atoms with E-state index < -0.39 is 6.04 Å². The number of nitrogens with one attached hydrogen (secondary N) is 1. The fourth-order valence-electron chi connectivity index (χ4n) is 4.83. The van der Waals surface area contributed by atoms with E-state index in [-0.39, 0.29) is 24.5 Å². The lowest BCUT2D eigenvalue weighted by atomic mass is 10.0. The van der Waals surface area contributed by atoms with Crippen molar-refractivity contribution in [3.05, 3.63) is 101 Å². The molecule has 0 heterocycles. The molecular formula is C31H36N2O3. The van der Waals surface area contributed by atoms with E-state index >= 15 is 0 Å². The maximum Gasteiger partial charge on any atom is 0.261 e. The van der Waals surface area contributed by atoms with Crippen molar-refractivity contribution in [2.75, 3.05) is 6.61 Å². The van der Waals surface area contributed by atoms with Crippen LogP contribution in [0, 0.1) is 13.8 Å². The fourth-order valence-corrected chi connectivity index (χ4v) is 4.83. The van der Waals surface area contributed by atoms with E-state index in [2.05, 4.69) is 5.32 Å². The molecule has 0 bridgehead atoms. The van der Waals surface area contributed by atoms with Crippen LogP contribution in [0.1, 0.15) is 47.9 Å². The summed E-state index contributed by atoms with van der Waals surface area (Å²) in [6, 6.07) is 25.1. The molecule has 2 amide bonds. The van der Waals surface area contributed by atoms with Crippen LogP contribution < -0.4 is 10.1 Å². The van der Waals surface area contributed by atoms with Crippen molar-refractivity contribution in [2.45, 2.75) is 64.6 Å². The maximum absolute atomic E-state index is 13.7. The zero-order valence-electron chi connectivity index (χ0n) is 21.3. The molecule has 0 radical (unpaired) electrons. The molecule has 1 aliphatic carbocycles. The zero-order valence-corrected chi connectivity index (χ0v) is 21.3. The van der Waals surface area contributed by atoms with Gasteiger partial charge in [-0.25, -0.2) is 0 Å². The highest BCUT2D eigenvalue weighted by Crippen LogP contribution is 2.21. The van der Waals surface area contributed by atoms with Gasteiger partial charge in [-0.2, -0.15) is 0 Å². The van der Waals surface area contributed by atoms with Crippen LogP contribution in [0.25, 0.3) is 0 Å². The minimum Gasteiger partial charge on any atom is -0.484 e. The number of carbonyl (C=O) groups is 2. The predicted molar refractivity (Wildman–Crippen MR) is 143 cm³/mol. The van der Waals surface area contributed by atoms with Crippen LogP contribution in [0.5, 0.6) is 5.75 Å². The van der Waals surface area contributed by atoms with Crippen molar-refractivity contribution < 1.29 is 14.3 Å². The minimum absolute atomic E-state index is 0.0942. The van der Waals surface area contributed by atoms with Crippen LogP contribution in [-0.2, 0) is 22.6 Å². The Morgan fingerprint density at radius 2 is 1.67 bits per heavy atom. The number of benzene rings is 3. The van der Waals surface area contributed by atoms with E-state index in [1.54, 1.807) is 4.90 Å². The molecule has 188 valence electrons. The van der Waals surface area contributed by atoms with E-state index in [0.29, 0.717) is 18.7 Å². The summed E-state index contributed by atoms with van der Waals surface area (Å²) in [5, 5.41) is 3.24. The van der Waals surface area contributed by atoms with Crippen LogP contribution in [-0.4, -0.2) is 35.4 Å². The lowest BCUT2D eigenvalue weighted by Gasteiger charge is -2.32. The Labute approximate surface area is 214 Å². The van der Waals surface area contributed by atoms with E-state index in [1.165, 1.54) is 0 Å². The largest absolute Gasteiger partial charge is 0.484 e. The van der Waals surface area contributed by atoms with Gasteiger partial charge in [-0.15, -0.1) is 0 Å². The van der Waals surface area contributed by atoms with E-state index in [1.807, 2.05) is 92.7 Å². The van der Waals surface area contributed by atoms with Crippen LogP contribution in [0.15, 0.2) is 78.9 Å². The van der Waals surface area contributed by atoms with E-state index in [9.17, 15) is 9.59 Å². The third-order valence-corrected chi connectivity index (χ3v) is 6.93. The molecule has 1 N–H and O–H groups in total. The third kappa shape index (κ3) is 6.97. The molecule has 3 aromatic carbocycles. The van der Waals surface area contributed by atoms with Crippen molar-refractivity contribution >= 4 is 11.8 Å². The highest BCUT2D eigenvalue weighted by atomic mass is 16.5. The summed E-state index contributed by atoms with van der Waals surface area (Å²) in [7, 11) is 0. The van der Waals surface area contributed by atoms with Gasteiger partial charge in [0, 0.05) is 19.0 Å². The molecule has 1 aliphatic rings. The van der Waals surface area contributed by atoms with Crippen LogP contribution in [0.2, 0.25) is 0 Å². The molecule has 0 spiro atoms. The molecule has 36 heavy (non-hydrogen) atoms. The molecule has 1 unspecified atom stereocenters. The highest BCUT2D eigenvalue weighted by molar-refractivity contribution is 5.88. The van der Waals surface area contributed by atoms with Gasteiger partial charge in [0.1, 0.15) is 11.8 Å². The van der Waals surface area contributed by atoms with Crippen molar-refractivity contribution in [3.8, 4) is 5.75 Å². The first-order valence-electron chi connectivity index (χ1n) is 12.9. The average molecular weight is 485 g/mol. The summed E-state index contributed by atoms with van der Waals surface area (Å²) >= 11 is 0. The van der Waals surface area contributed by atoms with Gasteiger partial charge in [-0.1, -0.05) is 79.6 Å². The van der Waals surface area contributed by atoms with E-state index in [4.69, 9.17) is 4.74 Å². The first-order chi connectivity index (χ1) is 17.5. The number of carbonyl (C=O) groups excluding carboxylic acids is 2. The quantitative estimate of drug-likeness (QED) is 0.420. The van der Waals surface area contributed by atoms with Gasteiger partial charge in [0.2, 0.25) is 5.91 Å². The molecule has 3 aromatic rings. The molecule has 0 saturated heterocycles. The first kappa shape index (κ1) is 25.5. The van der Waals surface area contributed by atoms with Crippen LogP contribution in [0.4, 0.5) is 0 Å². The molecule has 1 atom stereocenters. The standard InChI is InChI=1S/C31H36N2O3/c1-23-11-10-18-28(19-23)36-22-30(34)33(21-26-15-7-6-12-24(26)2)29(20-25-13-4-3-5-14-25)31(35)32-27-16-8-9-17-27/h3-7,10-15,18-19,27,29H,8-9,16-17,20-22H2,1-2H3,(H,32,35). The Kier molecular flexibility index (Phi) is 8.77. The molecule has 0 aromatic heterocycles. The Balaban J connectivity index is 1.62. The second kappa shape index (κ2) is 12.4. The van der Waals surface area contributed by atoms with Gasteiger partial charge < -0.3 is 15.0 Å². The normalized spacial score (nSPS) is 14.3. The number of nitrogens with zero attached hydrogens (tertiary/aromatic N) is 1. The third-order valence-electron chi connectivity index (χ3n) is 6.93. The monoisotopic (exact) mass is 484 g/mol. The summed E-state index contributed by atoms with van der Waals surface area (Å²) in [6.45, 7) is 4.24. The van der Waals surface area contributed by atoms with Gasteiger partial charge in [0.25, 0.3) is 5.91 Å². The second-order valence-electron chi connectivity index (χ2n) is 9.75. The van der Waals surface area contributed by atoms with Gasteiger partial charge >= 0.3 is 0 Å². The van der Waals surface area contributed by atoms with Crippen molar-refractivity contribution in [1.82, 2.24) is 10.2 Å². The fraction of sp³-hybridized carbons (Fsp3) is 0.355. The Morgan fingerprint density at radius 3 is 2.39 bits per heavy atom. The summed E-state index contributed by atoms with van der Waals surface area (Å²) in [5.41, 5.74) is 4.19. The SMILES string of the molecule is Cc1cccc(OCC(=O)N(Cc2ccccc2C)C(Cc2ccccc2)C(=O)NC2CCCC2)c1. The van der Waals surface area contributed by atoms with Crippen LogP contribution >= 0.6 is 0 Å². The summed E-state index contributed by atoms with van der Waals surface area (Å²) in [6.07, 6.45) is 4.69. The zero-order chi connectivity index (χ0) is 25.3. The van der Waals surface area contributed by atoms with Gasteiger partial charge in [-0.05, 0) is 61.1 Å². The Hall–Kier alpha value is -3.60. The highest BCUT2D eigenvalue weighted by Gasteiger charge is 2.32. The maximum atomic E-state index is 13.7. The second-order valence-corrected chi connectivity index (χ2v) is 9.75. The van der Waals surface area contributed by atoms with Gasteiger partial charge in [0.15, 0.2) is 6.61 Å². The van der Waals surface area contributed by atoms with Crippen molar-refractivity contribution in [2.24, 2.45) is 0 Å². The lowest BCUT2D eigenvalue weighted by molar-refractivity contribution is -0.143. The molecule has 4 rings (SSSR count). The minimum atomic E-state index is -0.638. The first-order valence-corrected chi connectivity index (χ1v) is 12.9. The number of amides is 2. The topological polar surface area (TPSA) is 58.6 Å². The van der Waals surface area contributed by atoms with E-state index in [0.717, 1.165) is 47.9 Å². The van der Waals surface area contributed by atoms with Gasteiger partial charge in [0.05, 0.1) is 0 Å².